The minimum absolute atomic E-state index is 0.0351. The molecule has 0 radical (unpaired) electrons. The maximum absolute atomic E-state index is 13.2. The Morgan fingerprint density at radius 2 is 1.96 bits per heavy atom. The van der Waals surface area contributed by atoms with E-state index in [4.69, 9.17) is 5.73 Å². The Kier molecular flexibility index (Phi) is 4.80. The van der Waals surface area contributed by atoms with Crippen LogP contribution in [0.2, 0.25) is 0 Å². The first-order valence-corrected chi connectivity index (χ1v) is 10.5. The van der Waals surface area contributed by atoms with Gasteiger partial charge in [0.25, 0.3) is 5.91 Å². The van der Waals surface area contributed by atoms with Crippen LogP contribution in [0.5, 0.6) is 0 Å². The molecule has 0 spiro atoms. The van der Waals surface area contributed by atoms with E-state index in [1.54, 1.807) is 23.5 Å². The van der Waals surface area contributed by atoms with Crippen molar-refractivity contribution in [1.82, 2.24) is 9.88 Å². The number of aryl methyl sites for hydroxylation is 1. The third-order valence-corrected chi connectivity index (χ3v) is 6.48. The zero-order chi connectivity index (χ0) is 19.0. The number of benzene rings is 1. The molecule has 0 bridgehead atoms. The summed E-state index contributed by atoms with van der Waals surface area (Å²) in [6.07, 6.45) is 2.06. The molecule has 2 amide bonds. The van der Waals surface area contributed by atoms with Crippen LogP contribution in [0.25, 0.3) is 10.6 Å². The average Bonchev–Trinajstić information content (AvgIpc) is 3.19. The summed E-state index contributed by atoms with van der Waals surface area (Å²) in [5, 5.41) is 4.95. The van der Waals surface area contributed by atoms with Crippen molar-refractivity contribution in [2.75, 3.05) is 0 Å². The predicted octanol–water partition coefficient (Wildman–Crippen LogP) is 4.08. The van der Waals surface area contributed by atoms with Gasteiger partial charge in [0.1, 0.15) is 9.88 Å². The van der Waals surface area contributed by atoms with Crippen molar-refractivity contribution >= 4 is 34.5 Å². The Hall–Kier alpha value is -2.51. The van der Waals surface area contributed by atoms with E-state index in [2.05, 4.69) is 4.98 Å². The molecule has 2 N–H and O–H groups in total. The van der Waals surface area contributed by atoms with Gasteiger partial charge in [-0.05, 0) is 48.9 Å². The quantitative estimate of drug-likeness (QED) is 0.681. The van der Waals surface area contributed by atoms with Crippen LogP contribution < -0.4 is 5.73 Å². The normalized spacial score (nSPS) is 13.5. The lowest BCUT2D eigenvalue weighted by Crippen LogP contribution is -2.32. The van der Waals surface area contributed by atoms with Crippen molar-refractivity contribution in [3.8, 4) is 10.6 Å². The molecule has 1 fully saturated rings. The van der Waals surface area contributed by atoms with Crippen LogP contribution in [-0.4, -0.2) is 27.7 Å². The second kappa shape index (κ2) is 7.25. The second-order valence-electron chi connectivity index (χ2n) is 6.67. The molecule has 0 atom stereocenters. The lowest BCUT2D eigenvalue weighted by atomic mass is 10.1. The highest BCUT2D eigenvalue weighted by Crippen LogP contribution is 2.34. The third kappa shape index (κ3) is 3.79. The van der Waals surface area contributed by atoms with Crippen molar-refractivity contribution in [2.24, 2.45) is 5.73 Å². The van der Waals surface area contributed by atoms with Crippen LogP contribution in [-0.2, 0) is 6.54 Å². The number of aromatic nitrogens is 1. The van der Waals surface area contributed by atoms with Gasteiger partial charge in [-0.15, -0.1) is 11.3 Å². The smallest absolute Gasteiger partial charge is 0.266 e. The van der Waals surface area contributed by atoms with E-state index in [-0.39, 0.29) is 11.9 Å². The van der Waals surface area contributed by atoms with Gasteiger partial charge in [0.05, 0.1) is 5.69 Å². The summed E-state index contributed by atoms with van der Waals surface area (Å²) in [5.41, 5.74) is 8.60. The number of hydrogen-bond acceptors (Lipinski definition) is 5. The molecule has 0 saturated heterocycles. The van der Waals surface area contributed by atoms with Crippen molar-refractivity contribution in [3.05, 3.63) is 62.8 Å². The molecule has 2 heterocycles. The van der Waals surface area contributed by atoms with Crippen LogP contribution >= 0.6 is 22.7 Å². The lowest BCUT2D eigenvalue weighted by molar-refractivity contribution is 0.0733. The number of carbonyl (C=O) groups is 2. The number of thiophene rings is 1. The lowest BCUT2D eigenvalue weighted by Gasteiger charge is -2.22. The Morgan fingerprint density at radius 1 is 1.22 bits per heavy atom. The minimum atomic E-state index is -0.446. The van der Waals surface area contributed by atoms with Gasteiger partial charge in [-0.25, -0.2) is 4.98 Å². The molecular weight excluding hydrogens is 378 g/mol. The molecule has 0 aliphatic heterocycles. The van der Waals surface area contributed by atoms with Crippen molar-refractivity contribution in [1.29, 1.82) is 0 Å². The van der Waals surface area contributed by atoms with Gasteiger partial charge in [0, 0.05) is 29.1 Å². The number of hydrogen-bond donors (Lipinski definition) is 1. The summed E-state index contributed by atoms with van der Waals surface area (Å²) in [4.78, 5) is 31.7. The van der Waals surface area contributed by atoms with Gasteiger partial charge in [-0.3, -0.25) is 9.59 Å². The molecule has 2 aromatic heterocycles. The highest BCUT2D eigenvalue weighted by atomic mass is 32.1. The van der Waals surface area contributed by atoms with Crippen LogP contribution in [0.15, 0.2) is 41.1 Å². The second-order valence-corrected chi connectivity index (χ2v) is 8.45. The van der Waals surface area contributed by atoms with Crippen LogP contribution in [0.1, 0.15) is 44.1 Å². The minimum Gasteiger partial charge on any atom is -0.366 e. The van der Waals surface area contributed by atoms with Crippen LogP contribution in [0.4, 0.5) is 0 Å². The van der Waals surface area contributed by atoms with E-state index < -0.39 is 5.91 Å². The Balaban J connectivity index is 1.57. The standard InChI is InChI=1S/C20H19N3O2S2/c1-12-17(27-19(22-12)15-8-9-26-11-15)20(25)23(16-6-7-16)10-13-2-4-14(5-3-13)18(21)24/h2-5,8-9,11,16H,6-7,10H2,1H3,(H2,21,24). The number of nitrogens with two attached hydrogens (primary N) is 1. The average molecular weight is 398 g/mol. The topological polar surface area (TPSA) is 76.3 Å². The fourth-order valence-electron chi connectivity index (χ4n) is 2.96. The molecule has 3 aromatic rings. The fourth-order valence-corrected chi connectivity index (χ4v) is 4.69. The van der Waals surface area contributed by atoms with Crippen LogP contribution in [0, 0.1) is 6.92 Å². The third-order valence-electron chi connectivity index (χ3n) is 4.60. The van der Waals surface area contributed by atoms with E-state index >= 15 is 0 Å². The predicted molar refractivity (Wildman–Crippen MR) is 108 cm³/mol. The first-order valence-electron chi connectivity index (χ1n) is 8.72. The zero-order valence-corrected chi connectivity index (χ0v) is 16.5. The Labute approximate surface area is 165 Å². The Morgan fingerprint density at radius 3 is 2.56 bits per heavy atom. The summed E-state index contributed by atoms with van der Waals surface area (Å²) in [7, 11) is 0. The molecular formula is C20H19N3O2S2. The van der Waals surface area contributed by atoms with E-state index in [1.165, 1.54) is 11.3 Å². The number of thiazole rings is 1. The van der Waals surface area contributed by atoms with Crippen molar-refractivity contribution in [3.63, 3.8) is 0 Å². The maximum Gasteiger partial charge on any atom is 0.266 e. The molecule has 1 aliphatic rings. The van der Waals surface area contributed by atoms with Gasteiger partial charge in [0.2, 0.25) is 5.91 Å². The molecule has 0 unspecified atom stereocenters. The van der Waals surface area contributed by atoms with E-state index in [0.29, 0.717) is 17.0 Å². The maximum atomic E-state index is 13.2. The SMILES string of the molecule is Cc1nc(-c2ccsc2)sc1C(=O)N(Cc1ccc(C(N)=O)cc1)C1CC1. The van der Waals surface area contributed by atoms with Gasteiger partial charge < -0.3 is 10.6 Å². The molecule has 1 aromatic carbocycles. The largest absolute Gasteiger partial charge is 0.366 e. The molecule has 138 valence electrons. The van der Waals surface area contributed by atoms with Crippen LogP contribution in [0.3, 0.4) is 0 Å². The first-order chi connectivity index (χ1) is 13.0. The van der Waals surface area contributed by atoms with Gasteiger partial charge in [-0.1, -0.05) is 12.1 Å². The molecule has 27 heavy (non-hydrogen) atoms. The molecule has 7 heteroatoms. The van der Waals surface area contributed by atoms with Crippen molar-refractivity contribution in [2.45, 2.75) is 32.4 Å². The van der Waals surface area contributed by atoms with E-state index in [1.807, 2.05) is 40.8 Å². The Bertz CT molecular complexity index is 973. The summed E-state index contributed by atoms with van der Waals surface area (Å²) in [6.45, 7) is 2.42. The highest BCUT2D eigenvalue weighted by molar-refractivity contribution is 7.17. The summed E-state index contributed by atoms with van der Waals surface area (Å²) in [5.74, 6) is -0.411. The monoisotopic (exact) mass is 397 g/mol. The molecule has 1 saturated carbocycles. The molecule has 1 aliphatic carbocycles. The summed E-state index contributed by atoms with van der Waals surface area (Å²) in [6, 6.07) is 9.44. The number of primary amides is 1. The van der Waals surface area contributed by atoms with Gasteiger partial charge >= 0.3 is 0 Å². The summed E-state index contributed by atoms with van der Waals surface area (Å²) >= 11 is 3.08. The highest BCUT2D eigenvalue weighted by Gasteiger charge is 2.34. The fraction of sp³-hybridized carbons (Fsp3) is 0.250. The first kappa shape index (κ1) is 17.9. The van der Waals surface area contributed by atoms with E-state index in [0.717, 1.165) is 34.7 Å². The molecule has 5 nitrogen and oxygen atoms in total. The number of nitrogens with zero attached hydrogens (tertiary/aromatic N) is 2. The number of amides is 2. The van der Waals surface area contributed by atoms with Crippen molar-refractivity contribution < 1.29 is 9.59 Å². The molecule has 4 rings (SSSR count). The van der Waals surface area contributed by atoms with Gasteiger partial charge in [-0.2, -0.15) is 11.3 Å². The summed E-state index contributed by atoms with van der Waals surface area (Å²) < 4.78 is 0. The number of rotatable bonds is 6. The zero-order valence-electron chi connectivity index (χ0n) is 14.8. The van der Waals surface area contributed by atoms with E-state index in [9.17, 15) is 9.59 Å². The number of carbonyl (C=O) groups excluding carboxylic acids is 2. The van der Waals surface area contributed by atoms with Gasteiger partial charge in [0.15, 0.2) is 0 Å².